The molecule has 0 atom stereocenters. The second-order valence-corrected chi connectivity index (χ2v) is 3.88. The molecule has 0 radical (unpaired) electrons. The lowest BCUT2D eigenvalue weighted by atomic mass is 10.4. The van der Waals surface area contributed by atoms with Gasteiger partial charge in [-0.3, -0.25) is 0 Å². The van der Waals surface area contributed by atoms with E-state index in [4.69, 9.17) is 14.2 Å². The van der Waals surface area contributed by atoms with Gasteiger partial charge >= 0.3 is 0 Å². The monoisotopic (exact) mass is 254 g/mol. The molecule has 0 bridgehead atoms. The molecule has 0 aromatic rings. The Bertz CT molecular complexity index is 267. The Hall–Kier alpha value is -1.38. The van der Waals surface area contributed by atoms with E-state index < -0.39 is 0 Å². The second kappa shape index (κ2) is 12.1. The van der Waals surface area contributed by atoms with Crippen molar-refractivity contribution in [1.29, 1.82) is 0 Å². The molecule has 0 N–H and O–H groups in total. The van der Waals surface area contributed by atoms with Crippen molar-refractivity contribution in [3.63, 3.8) is 0 Å². The highest BCUT2D eigenvalue weighted by Gasteiger charge is 1.96. The molecule has 0 aliphatic carbocycles. The molecule has 3 heteroatoms. The summed E-state index contributed by atoms with van der Waals surface area (Å²) in [5.74, 6) is 1.33. The highest BCUT2D eigenvalue weighted by Crippen LogP contribution is 2.07. The number of hydrogen-bond donors (Lipinski definition) is 0. The molecular formula is C15H26O3. The van der Waals surface area contributed by atoms with Crippen molar-refractivity contribution in [2.24, 2.45) is 0 Å². The van der Waals surface area contributed by atoms with Crippen LogP contribution in [0.15, 0.2) is 36.5 Å². The van der Waals surface area contributed by atoms with Crippen LogP contribution in [0.3, 0.4) is 0 Å². The molecule has 0 saturated heterocycles. The van der Waals surface area contributed by atoms with Crippen LogP contribution in [0.1, 0.15) is 40.0 Å². The fraction of sp³-hybridized carbons (Fsp3) is 0.600. The molecule has 0 aliphatic heterocycles. The van der Waals surface area contributed by atoms with Gasteiger partial charge in [-0.15, -0.1) is 0 Å². The van der Waals surface area contributed by atoms with E-state index in [1.165, 1.54) is 0 Å². The van der Waals surface area contributed by atoms with Crippen LogP contribution in [-0.4, -0.2) is 19.8 Å². The summed E-state index contributed by atoms with van der Waals surface area (Å²) in [4.78, 5) is 0. The zero-order valence-corrected chi connectivity index (χ0v) is 11.9. The SMILES string of the molecule is C=C(/C=C(\C=C\OCCC)OCCC)OCCC. The Morgan fingerprint density at radius 2 is 1.56 bits per heavy atom. The molecule has 0 aromatic heterocycles. The van der Waals surface area contributed by atoms with Gasteiger partial charge in [0.1, 0.15) is 11.5 Å². The molecule has 0 heterocycles. The minimum atomic E-state index is 0.614. The maximum Gasteiger partial charge on any atom is 0.126 e. The predicted octanol–water partition coefficient (Wildman–Crippen LogP) is 4.18. The van der Waals surface area contributed by atoms with Gasteiger partial charge < -0.3 is 14.2 Å². The molecular weight excluding hydrogens is 228 g/mol. The molecule has 0 fully saturated rings. The highest BCUT2D eigenvalue weighted by molar-refractivity contribution is 5.20. The summed E-state index contributed by atoms with van der Waals surface area (Å²) < 4.78 is 16.3. The first-order valence-electron chi connectivity index (χ1n) is 6.68. The molecule has 18 heavy (non-hydrogen) atoms. The van der Waals surface area contributed by atoms with Crippen molar-refractivity contribution < 1.29 is 14.2 Å². The lowest BCUT2D eigenvalue weighted by Gasteiger charge is -2.08. The van der Waals surface area contributed by atoms with E-state index in [9.17, 15) is 0 Å². The standard InChI is InChI=1S/C15H26O3/c1-5-9-16-12-8-15(18-11-7-3)13-14(4)17-10-6-2/h8,12-13H,4-7,9-11H2,1-3H3/b12-8+,15-13+. The molecule has 0 amide bonds. The Labute approximate surface area is 111 Å². The molecule has 104 valence electrons. The average Bonchev–Trinajstić information content (AvgIpc) is 2.38. The van der Waals surface area contributed by atoms with Crippen LogP contribution in [0.5, 0.6) is 0 Å². The first-order valence-corrected chi connectivity index (χ1v) is 6.68. The molecule has 0 rings (SSSR count). The minimum absolute atomic E-state index is 0.614. The topological polar surface area (TPSA) is 27.7 Å². The van der Waals surface area contributed by atoms with Crippen molar-refractivity contribution in [2.45, 2.75) is 40.0 Å². The highest BCUT2D eigenvalue weighted by atomic mass is 16.5. The third-order valence-corrected chi connectivity index (χ3v) is 1.92. The van der Waals surface area contributed by atoms with Crippen molar-refractivity contribution in [2.75, 3.05) is 19.8 Å². The first kappa shape index (κ1) is 16.6. The van der Waals surface area contributed by atoms with Crippen LogP contribution in [0.25, 0.3) is 0 Å². The maximum atomic E-state index is 5.58. The third kappa shape index (κ3) is 9.82. The maximum absolute atomic E-state index is 5.58. The molecule has 0 spiro atoms. The Balaban J connectivity index is 4.30. The van der Waals surface area contributed by atoms with E-state index in [1.807, 2.05) is 0 Å². The second-order valence-electron chi connectivity index (χ2n) is 3.88. The summed E-state index contributed by atoms with van der Waals surface area (Å²) in [6.07, 6.45) is 8.16. The smallest absolute Gasteiger partial charge is 0.126 e. The van der Waals surface area contributed by atoms with Crippen molar-refractivity contribution >= 4 is 0 Å². The zero-order valence-electron chi connectivity index (χ0n) is 11.9. The largest absolute Gasteiger partial charge is 0.501 e. The van der Waals surface area contributed by atoms with Gasteiger partial charge in [0.15, 0.2) is 0 Å². The van der Waals surface area contributed by atoms with Crippen LogP contribution in [0.4, 0.5) is 0 Å². The lowest BCUT2D eigenvalue weighted by Crippen LogP contribution is -1.95. The van der Waals surface area contributed by atoms with Crippen molar-refractivity contribution in [3.8, 4) is 0 Å². The zero-order chi connectivity index (χ0) is 13.6. The van der Waals surface area contributed by atoms with Crippen LogP contribution in [0.2, 0.25) is 0 Å². The van der Waals surface area contributed by atoms with E-state index in [2.05, 4.69) is 27.4 Å². The van der Waals surface area contributed by atoms with E-state index in [1.54, 1.807) is 18.4 Å². The van der Waals surface area contributed by atoms with Crippen LogP contribution in [-0.2, 0) is 14.2 Å². The van der Waals surface area contributed by atoms with E-state index in [-0.39, 0.29) is 0 Å². The Morgan fingerprint density at radius 3 is 2.17 bits per heavy atom. The summed E-state index contributed by atoms with van der Waals surface area (Å²) >= 11 is 0. The molecule has 0 saturated carbocycles. The molecule has 0 aliphatic rings. The Kier molecular flexibility index (Phi) is 11.2. The van der Waals surface area contributed by atoms with E-state index in [0.717, 1.165) is 19.3 Å². The normalized spacial score (nSPS) is 11.6. The van der Waals surface area contributed by atoms with Crippen LogP contribution < -0.4 is 0 Å². The quantitative estimate of drug-likeness (QED) is 0.314. The van der Waals surface area contributed by atoms with Crippen molar-refractivity contribution in [3.05, 3.63) is 36.5 Å². The third-order valence-electron chi connectivity index (χ3n) is 1.92. The van der Waals surface area contributed by atoms with Crippen molar-refractivity contribution in [1.82, 2.24) is 0 Å². The summed E-state index contributed by atoms with van der Waals surface area (Å²) in [5, 5.41) is 0. The first-order chi connectivity index (χ1) is 8.74. The number of allylic oxidation sites excluding steroid dienone is 2. The van der Waals surface area contributed by atoms with Gasteiger partial charge in [0.05, 0.1) is 26.1 Å². The van der Waals surface area contributed by atoms with Gasteiger partial charge in [0.25, 0.3) is 0 Å². The number of rotatable bonds is 11. The number of hydrogen-bond acceptors (Lipinski definition) is 3. The summed E-state index contributed by atoms with van der Waals surface area (Å²) in [6.45, 7) is 12.1. The van der Waals surface area contributed by atoms with E-state index >= 15 is 0 Å². The lowest BCUT2D eigenvalue weighted by molar-refractivity contribution is 0.204. The minimum Gasteiger partial charge on any atom is -0.501 e. The fourth-order valence-corrected chi connectivity index (χ4v) is 1.09. The summed E-state index contributed by atoms with van der Waals surface area (Å²) in [5.41, 5.74) is 0. The van der Waals surface area contributed by atoms with Gasteiger partial charge in [-0.2, -0.15) is 0 Å². The van der Waals surface area contributed by atoms with Crippen LogP contribution >= 0.6 is 0 Å². The van der Waals surface area contributed by atoms with Gasteiger partial charge in [0.2, 0.25) is 0 Å². The molecule has 0 unspecified atom stereocenters. The molecule has 0 aromatic carbocycles. The van der Waals surface area contributed by atoms with Gasteiger partial charge in [0, 0.05) is 12.2 Å². The summed E-state index contributed by atoms with van der Waals surface area (Å²) in [6, 6.07) is 0. The Morgan fingerprint density at radius 1 is 0.944 bits per heavy atom. The predicted molar refractivity (Wildman–Crippen MR) is 75.1 cm³/mol. The van der Waals surface area contributed by atoms with Crippen LogP contribution in [0, 0.1) is 0 Å². The van der Waals surface area contributed by atoms with Gasteiger partial charge in [-0.05, 0) is 19.3 Å². The molecule has 3 nitrogen and oxygen atoms in total. The van der Waals surface area contributed by atoms with Gasteiger partial charge in [-0.1, -0.05) is 27.4 Å². The number of ether oxygens (including phenoxy) is 3. The fourth-order valence-electron chi connectivity index (χ4n) is 1.09. The average molecular weight is 254 g/mol. The summed E-state index contributed by atoms with van der Waals surface area (Å²) in [7, 11) is 0. The van der Waals surface area contributed by atoms with E-state index in [0.29, 0.717) is 31.3 Å². The van der Waals surface area contributed by atoms with Gasteiger partial charge in [-0.25, -0.2) is 0 Å².